The number of thiophene rings is 1. The lowest BCUT2D eigenvalue weighted by Gasteiger charge is -2.15. The summed E-state index contributed by atoms with van der Waals surface area (Å²) in [7, 11) is -0.236. The fourth-order valence-corrected chi connectivity index (χ4v) is 4.05. The van der Waals surface area contributed by atoms with Crippen molar-refractivity contribution in [1.29, 1.82) is 0 Å². The van der Waals surface area contributed by atoms with E-state index in [1.807, 2.05) is 13.1 Å². The van der Waals surface area contributed by atoms with Crippen molar-refractivity contribution < 1.29 is 8.42 Å². The summed E-state index contributed by atoms with van der Waals surface area (Å²) in [6, 6.07) is 6.86. The monoisotopic (exact) mass is 345 g/mol. The molecule has 0 atom stereocenters. The normalized spacial score (nSPS) is 12.0. The van der Waals surface area contributed by atoms with Crippen LogP contribution in [0.25, 0.3) is 0 Å². The zero-order valence-corrected chi connectivity index (χ0v) is 14.1. The standard InChI is InChI=1S/C13H16ClN3O2S2/c1-15-7-10-3-6-13(16-8-10)21(18,19)17(2)9-11-4-5-12(14)20-11/h3-6,8,15H,7,9H2,1-2H3. The Morgan fingerprint density at radius 2 is 2.10 bits per heavy atom. The molecular weight excluding hydrogens is 330 g/mol. The van der Waals surface area contributed by atoms with Crippen LogP contribution in [0.2, 0.25) is 4.34 Å². The lowest BCUT2D eigenvalue weighted by atomic mass is 10.3. The van der Waals surface area contributed by atoms with Crippen molar-refractivity contribution in [2.24, 2.45) is 0 Å². The molecule has 2 aromatic rings. The Kier molecular flexibility index (Phi) is 5.34. The summed E-state index contributed by atoms with van der Waals surface area (Å²) in [5, 5.41) is 3.04. The minimum Gasteiger partial charge on any atom is -0.316 e. The van der Waals surface area contributed by atoms with Crippen molar-refractivity contribution >= 4 is 33.0 Å². The summed E-state index contributed by atoms with van der Waals surface area (Å²) in [6.45, 7) is 0.927. The number of nitrogens with zero attached hydrogens (tertiary/aromatic N) is 2. The zero-order valence-electron chi connectivity index (χ0n) is 11.7. The Morgan fingerprint density at radius 1 is 1.33 bits per heavy atom. The third-order valence-electron chi connectivity index (χ3n) is 2.86. The first-order chi connectivity index (χ1) is 9.93. The second-order valence-corrected chi connectivity index (χ2v) is 8.29. The van der Waals surface area contributed by atoms with E-state index in [0.29, 0.717) is 10.9 Å². The molecular formula is C13H16ClN3O2S2. The highest BCUT2D eigenvalue weighted by molar-refractivity contribution is 7.89. The molecule has 0 fully saturated rings. The van der Waals surface area contributed by atoms with Gasteiger partial charge in [-0.3, -0.25) is 0 Å². The van der Waals surface area contributed by atoms with Crippen LogP contribution in [0.4, 0.5) is 0 Å². The van der Waals surface area contributed by atoms with Gasteiger partial charge < -0.3 is 5.32 Å². The zero-order chi connectivity index (χ0) is 15.5. The smallest absolute Gasteiger partial charge is 0.260 e. The first-order valence-electron chi connectivity index (χ1n) is 6.23. The number of halogens is 1. The number of pyridine rings is 1. The minimum atomic E-state index is -3.59. The Balaban J connectivity index is 2.16. The third-order valence-corrected chi connectivity index (χ3v) is 5.80. The van der Waals surface area contributed by atoms with Gasteiger partial charge in [-0.2, -0.15) is 4.31 Å². The maximum absolute atomic E-state index is 12.4. The summed E-state index contributed by atoms with van der Waals surface area (Å²) in [4.78, 5) is 4.93. The van der Waals surface area contributed by atoms with Crippen LogP contribution >= 0.6 is 22.9 Å². The molecule has 0 aliphatic carbocycles. The number of nitrogens with one attached hydrogen (secondary N) is 1. The van der Waals surface area contributed by atoms with Crippen molar-refractivity contribution in [3.8, 4) is 0 Å². The van der Waals surface area contributed by atoms with Crippen molar-refractivity contribution in [3.63, 3.8) is 0 Å². The van der Waals surface area contributed by atoms with Gasteiger partial charge >= 0.3 is 0 Å². The van der Waals surface area contributed by atoms with Crippen molar-refractivity contribution in [3.05, 3.63) is 45.2 Å². The van der Waals surface area contributed by atoms with Gasteiger partial charge in [0.1, 0.15) is 0 Å². The fourth-order valence-electron chi connectivity index (χ4n) is 1.77. The molecule has 0 aliphatic heterocycles. The highest BCUT2D eigenvalue weighted by Crippen LogP contribution is 2.24. The van der Waals surface area contributed by atoms with Crippen LogP contribution in [0.1, 0.15) is 10.4 Å². The molecule has 1 N–H and O–H groups in total. The summed E-state index contributed by atoms with van der Waals surface area (Å²) in [6.07, 6.45) is 1.57. The largest absolute Gasteiger partial charge is 0.316 e. The molecule has 21 heavy (non-hydrogen) atoms. The molecule has 0 saturated carbocycles. The van der Waals surface area contributed by atoms with E-state index in [4.69, 9.17) is 11.6 Å². The first-order valence-corrected chi connectivity index (χ1v) is 8.87. The lowest BCUT2D eigenvalue weighted by Crippen LogP contribution is -2.27. The molecule has 2 heterocycles. The molecule has 0 saturated heterocycles. The predicted octanol–water partition coefficient (Wildman–Crippen LogP) is 2.34. The maximum Gasteiger partial charge on any atom is 0.260 e. The van der Waals surface area contributed by atoms with E-state index in [2.05, 4.69) is 10.3 Å². The molecule has 0 amide bonds. The number of hydrogen-bond acceptors (Lipinski definition) is 5. The van der Waals surface area contributed by atoms with Gasteiger partial charge in [-0.15, -0.1) is 11.3 Å². The summed E-state index contributed by atoms with van der Waals surface area (Å²) < 4.78 is 26.8. The summed E-state index contributed by atoms with van der Waals surface area (Å²) in [5.74, 6) is 0. The van der Waals surface area contributed by atoms with Crippen molar-refractivity contribution in [2.75, 3.05) is 14.1 Å². The van der Waals surface area contributed by atoms with Crippen LogP contribution in [0.5, 0.6) is 0 Å². The average Bonchev–Trinajstić information content (AvgIpc) is 2.85. The summed E-state index contributed by atoms with van der Waals surface area (Å²) >= 11 is 7.22. The van der Waals surface area contributed by atoms with E-state index in [1.54, 1.807) is 18.3 Å². The van der Waals surface area contributed by atoms with Crippen LogP contribution in [0.15, 0.2) is 35.5 Å². The number of rotatable bonds is 6. The van der Waals surface area contributed by atoms with Crippen molar-refractivity contribution in [2.45, 2.75) is 18.1 Å². The van der Waals surface area contributed by atoms with E-state index < -0.39 is 10.0 Å². The lowest BCUT2D eigenvalue weighted by molar-refractivity contribution is 0.466. The first kappa shape index (κ1) is 16.4. The van der Waals surface area contributed by atoms with Crippen LogP contribution in [-0.4, -0.2) is 31.8 Å². The SMILES string of the molecule is CNCc1ccc(S(=O)(=O)N(C)Cc2ccc(Cl)s2)nc1. The molecule has 0 aromatic carbocycles. The molecule has 114 valence electrons. The van der Waals surface area contributed by atoms with E-state index >= 15 is 0 Å². The second-order valence-electron chi connectivity index (χ2n) is 4.50. The molecule has 2 aromatic heterocycles. The molecule has 0 radical (unpaired) electrons. The van der Waals surface area contributed by atoms with Crippen LogP contribution in [0, 0.1) is 0 Å². The highest BCUT2D eigenvalue weighted by atomic mass is 35.5. The van der Waals surface area contributed by atoms with Crippen molar-refractivity contribution in [1.82, 2.24) is 14.6 Å². The Hall–Kier alpha value is -0.990. The quantitative estimate of drug-likeness (QED) is 0.872. The van der Waals surface area contributed by atoms with Gasteiger partial charge in [-0.1, -0.05) is 17.7 Å². The molecule has 8 heteroatoms. The van der Waals surface area contributed by atoms with Gasteiger partial charge in [0, 0.05) is 31.2 Å². The van der Waals surface area contributed by atoms with Gasteiger partial charge in [0.15, 0.2) is 5.03 Å². The predicted molar refractivity (Wildman–Crippen MR) is 85.0 cm³/mol. The molecule has 0 aliphatic rings. The van der Waals surface area contributed by atoms with E-state index in [1.165, 1.54) is 28.8 Å². The van der Waals surface area contributed by atoms with Crippen LogP contribution in [0.3, 0.4) is 0 Å². The summed E-state index contributed by atoms with van der Waals surface area (Å²) in [5.41, 5.74) is 0.934. The second kappa shape index (κ2) is 6.85. The average molecular weight is 346 g/mol. The molecule has 2 rings (SSSR count). The van der Waals surface area contributed by atoms with E-state index in [-0.39, 0.29) is 11.6 Å². The Labute approximate surface area is 133 Å². The number of sulfonamides is 1. The Bertz CT molecular complexity index is 698. The van der Waals surface area contributed by atoms with Crippen LogP contribution < -0.4 is 5.32 Å². The molecule has 0 spiro atoms. The maximum atomic E-state index is 12.4. The van der Waals surface area contributed by atoms with Gasteiger partial charge in [-0.05, 0) is 30.8 Å². The molecule has 0 unspecified atom stereocenters. The molecule has 5 nitrogen and oxygen atoms in total. The Morgan fingerprint density at radius 3 is 2.62 bits per heavy atom. The topological polar surface area (TPSA) is 62.3 Å². The minimum absolute atomic E-state index is 0.0486. The van der Waals surface area contributed by atoms with Gasteiger partial charge in [0.05, 0.1) is 4.34 Å². The highest BCUT2D eigenvalue weighted by Gasteiger charge is 2.22. The molecule has 0 bridgehead atoms. The fraction of sp³-hybridized carbons (Fsp3) is 0.308. The number of aromatic nitrogens is 1. The third kappa shape index (κ3) is 4.02. The van der Waals surface area contributed by atoms with Gasteiger partial charge in [0.2, 0.25) is 0 Å². The number of hydrogen-bond donors (Lipinski definition) is 1. The van der Waals surface area contributed by atoms with Crippen LogP contribution in [-0.2, 0) is 23.1 Å². The van der Waals surface area contributed by atoms with E-state index in [0.717, 1.165) is 10.4 Å². The van der Waals surface area contributed by atoms with E-state index in [9.17, 15) is 8.42 Å². The van der Waals surface area contributed by atoms with Gasteiger partial charge in [-0.25, -0.2) is 13.4 Å². The van der Waals surface area contributed by atoms with Gasteiger partial charge in [0.25, 0.3) is 10.0 Å².